The minimum atomic E-state index is 0.152. The van der Waals surface area contributed by atoms with Crippen LogP contribution in [0.2, 0.25) is 0 Å². The summed E-state index contributed by atoms with van der Waals surface area (Å²) in [4.78, 5) is 12.3. The van der Waals surface area contributed by atoms with Crippen molar-refractivity contribution in [2.45, 2.75) is 65.5 Å². The summed E-state index contributed by atoms with van der Waals surface area (Å²) < 4.78 is 0. The van der Waals surface area contributed by atoms with Crippen molar-refractivity contribution < 1.29 is 4.79 Å². The van der Waals surface area contributed by atoms with E-state index in [9.17, 15) is 4.79 Å². The minimum Gasteiger partial charge on any atom is -0.353 e. The molecule has 0 aromatic heterocycles. The molecule has 1 amide bonds. The molecular formula is C15H28N2O. The van der Waals surface area contributed by atoms with Gasteiger partial charge in [0, 0.05) is 18.0 Å². The lowest BCUT2D eigenvalue weighted by molar-refractivity contribution is -0.124. The largest absolute Gasteiger partial charge is 0.353 e. The molecule has 2 aliphatic rings. The van der Waals surface area contributed by atoms with Crippen LogP contribution in [0.25, 0.3) is 0 Å². The summed E-state index contributed by atoms with van der Waals surface area (Å²) in [5.74, 6) is 0.463. The molecule has 0 atom stereocenters. The summed E-state index contributed by atoms with van der Waals surface area (Å²) in [5, 5.41) is 6.60. The topological polar surface area (TPSA) is 41.1 Å². The Morgan fingerprint density at radius 1 is 0.944 bits per heavy atom. The van der Waals surface area contributed by atoms with Crippen molar-refractivity contribution in [2.24, 2.45) is 16.7 Å². The quantitative estimate of drug-likeness (QED) is 0.809. The predicted octanol–water partition coefficient (Wildman–Crippen LogP) is 2.32. The zero-order chi connectivity index (χ0) is 13.6. The van der Waals surface area contributed by atoms with Gasteiger partial charge >= 0.3 is 0 Å². The highest BCUT2D eigenvalue weighted by Crippen LogP contribution is 2.68. The lowest BCUT2D eigenvalue weighted by Crippen LogP contribution is -2.42. The molecule has 2 aliphatic carbocycles. The molecule has 18 heavy (non-hydrogen) atoms. The number of nitrogens with one attached hydrogen (secondary N) is 2. The fourth-order valence-corrected chi connectivity index (χ4v) is 3.66. The van der Waals surface area contributed by atoms with Gasteiger partial charge in [-0.25, -0.2) is 0 Å². The van der Waals surface area contributed by atoms with Gasteiger partial charge in [-0.3, -0.25) is 4.79 Å². The lowest BCUT2D eigenvalue weighted by atomic mass is 9.91. The summed E-state index contributed by atoms with van der Waals surface area (Å²) in [6.45, 7) is 8.81. The van der Waals surface area contributed by atoms with Crippen LogP contribution in [0.3, 0.4) is 0 Å². The van der Waals surface area contributed by atoms with E-state index in [0.717, 1.165) is 12.8 Å². The average molecular weight is 252 g/mol. The molecular weight excluding hydrogens is 224 g/mol. The highest BCUT2D eigenvalue weighted by Gasteiger charge is 2.68. The second-order valence-electron chi connectivity index (χ2n) is 7.22. The Balaban J connectivity index is 1.84. The molecule has 104 valence electrons. The van der Waals surface area contributed by atoms with Gasteiger partial charge in [0.05, 0.1) is 0 Å². The SMILES string of the molecule is CNC1CCC(NC(=O)C2C(C)(C)C2(C)C)CC1. The smallest absolute Gasteiger partial charge is 0.224 e. The molecule has 0 aromatic carbocycles. The summed E-state index contributed by atoms with van der Waals surface area (Å²) in [6, 6.07) is 1.04. The van der Waals surface area contributed by atoms with E-state index in [1.54, 1.807) is 0 Å². The Bertz CT molecular complexity index is 313. The van der Waals surface area contributed by atoms with Gasteiger partial charge < -0.3 is 10.6 Å². The summed E-state index contributed by atoms with van der Waals surface area (Å²) in [6.07, 6.45) is 4.59. The molecule has 0 saturated heterocycles. The van der Waals surface area contributed by atoms with Crippen LogP contribution in [-0.4, -0.2) is 25.0 Å². The molecule has 3 heteroatoms. The van der Waals surface area contributed by atoms with Gasteiger partial charge in [0.15, 0.2) is 0 Å². The Morgan fingerprint density at radius 2 is 1.39 bits per heavy atom. The van der Waals surface area contributed by atoms with Crippen molar-refractivity contribution in [1.29, 1.82) is 0 Å². The zero-order valence-electron chi connectivity index (χ0n) is 12.5. The molecule has 0 radical (unpaired) electrons. The van der Waals surface area contributed by atoms with Crippen LogP contribution in [-0.2, 0) is 4.79 Å². The van der Waals surface area contributed by atoms with Crippen LogP contribution in [0, 0.1) is 16.7 Å². The first kappa shape index (κ1) is 13.9. The van der Waals surface area contributed by atoms with E-state index in [1.807, 2.05) is 7.05 Å². The molecule has 3 nitrogen and oxygen atoms in total. The van der Waals surface area contributed by atoms with Crippen molar-refractivity contribution in [1.82, 2.24) is 10.6 Å². The maximum atomic E-state index is 12.3. The zero-order valence-corrected chi connectivity index (χ0v) is 12.5. The van der Waals surface area contributed by atoms with Gasteiger partial charge in [-0.15, -0.1) is 0 Å². The van der Waals surface area contributed by atoms with Crippen LogP contribution in [0.15, 0.2) is 0 Å². The first-order chi connectivity index (χ1) is 8.30. The molecule has 0 aliphatic heterocycles. The first-order valence-corrected chi connectivity index (χ1v) is 7.28. The number of rotatable bonds is 3. The van der Waals surface area contributed by atoms with Crippen LogP contribution in [0.4, 0.5) is 0 Å². The number of carbonyl (C=O) groups is 1. The molecule has 0 unspecified atom stereocenters. The Labute approximate surface area is 111 Å². The number of hydrogen-bond donors (Lipinski definition) is 2. The van der Waals surface area contributed by atoms with Crippen LogP contribution < -0.4 is 10.6 Å². The van der Waals surface area contributed by atoms with Crippen molar-refractivity contribution in [3.63, 3.8) is 0 Å². The van der Waals surface area contributed by atoms with Gasteiger partial charge in [0.2, 0.25) is 5.91 Å². The van der Waals surface area contributed by atoms with E-state index in [4.69, 9.17) is 0 Å². The molecule has 0 spiro atoms. The van der Waals surface area contributed by atoms with Gasteiger partial charge in [-0.1, -0.05) is 27.7 Å². The van der Waals surface area contributed by atoms with E-state index in [2.05, 4.69) is 38.3 Å². The van der Waals surface area contributed by atoms with Crippen LogP contribution in [0.1, 0.15) is 53.4 Å². The Kier molecular flexibility index (Phi) is 3.48. The van der Waals surface area contributed by atoms with E-state index in [-0.39, 0.29) is 22.7 Å². The summed E-state index contributed by atoms with van der Waals surface area (Å²) in [5.41, 5.74) is 0.304. The monoisotopic (exact) mass is 252 g/mol. The highest BCUT2D eigenvalue weighted by atomic mass is 16.2. The fourth-order valence-electron chi connectivity index (χ4n) is 3.66. The van der Waals surface area contributed by atoms with Gasteiger partial charge in [-0.2, -0.15) is 0 Å². The minimum absolute atomic E-state index is 0.152. The molecule has 2 fully saturated rings. The molecule has 0 aromatic rings. The van der Waals surface area contributed by atoms with Crippen molar-refractivity contribution in [2.75, 3.05) is 7.05 Å². The number of amides is 1. The Morgan fingerprint density at radius 3 is 1.78 bits per heavy atom. The molecule has 0 heterocycles. The third-order valence-corrected chi connectivity index (χ3v) is 5.76. The first-order valence-electron chi connectivity index (χ1n) is 7.28. The number of hydrogen-bond acceptors (Lipinski definition) is 2. The van der Waals surface area contributed by atoms with E-state index in [1.165, 1.54) is 12.8 Å². The van der Waals surface area contributed by atoms with Gasteiger partial charge in [0.25, 0.3) is 0 Å². The average Bonchev–Trinajstić information content (AvgIpc) is 2.70. The van der Waals surface area contributed by atoms with Crippen molar-refractivity contribution >= 4 is 5.91 Å². The summed E-state index contributed by atoms with van der Waals surface area (Å²) in [7, 11) is 2.03. The third kappa shape index (κ3) is 2.18. The highest BCUT2D eigenvalue weighted by molar-refractivity contribution is 5.84. The van der Waals surface area contributed by atoms with Crippen LogP contribution in [0.5, 0.6) is 0 Å². The van der Waals surface area contributed by atoms with E-state index < -0.39 is 0 Å². The molecule has 2 saturated carbocycles. The summed E-state index contributed by atoms with van der Waals surface area (Å²) >= 11 is 0. The third-order valence-electron chi connectivity index (χ3n) is 5.76. The maximum Gasteiger partial charge on any atom is 0.224 e. The standard InChI is InChI=1S/C15H28N2O/c1-14(2)12(15(14,3)4)13(18)17-11-8-6-10(16-5)7-9-11/h10-12,16H,6-9H2,1-5H3,(H,17,18). The fraction of sp³-hybridized carbons (Fsp3) is 0.933. The molecule has 2 rings (SSSR count). The van der Waals surface area contributed by atoms with E-state index >= 15 is 0 Å². The maximum absolute atomic E-state index is 12.3. The molecule has 0 bridgehead atoms. The van der Waals surface area contributed by atoms with Crippen molar-refractivity contribution in [3.05, 3.63) is 0 Å². The second-order valence-corrected chi connectivity index (χ2v) is 7.22. The molecule has 2 N–H and O–H groups in total. The predicted molar refractivity (Wildman–Crippen MR) is 74.3 cm³/mol. The van der Waals surface area contributed by atoms with Gasteiger partial charge in [0.1, 0.15) is 0 Å². The second kappa shape index (κ2) is 4.52. The van der Waals surface area contributed by atoms with Crippen LogP contribution >= 0.6 is 0 Å². The van der Waals surface area contributed by atoms with E-state index in [0.29, 0.717) is 12.1 Å². The normalized spacial score (nSPS) is 34.1. The van der Waals surface area contributed by atoms with Crippen molar-refractivity contribution in [3.8, 4) is 0 Å². The Hall–Kier alpha value is -0.570. The number of carbonyl (C=O) groups excluding carboxylic acids is 1. The lowest BCUT2D eigenvalue weighted by Gasteiger charge is -2.29. The van der Waals surface area contributed by atoms with Gasteiger partial charge in [-0.05, 0) is 43.6 Å².